The van der Waals surface area contributed by atoms with E-state index >= 15 is 0 Å². The monoisotopic (exact) mass is 415 g/mol. The van der Waals surface area contributed by atoms with Crippen LogP contribution in [0.4, 0.5) is 11.4 Å². The molecule has 2 aromatic rings. The highest BCUT2D eigenvalue weighted by Crippen LogP contribution is 2.25. The van der Waals surface area contributed by atoms with Gasteiger partial charge in [0.15, 0.2) is 0 Å². The molecule has 1 fully saturated rings. The lowest BCUT2D eigenvalue weighted by Gasteiger charge is -2.17. The minimum Gasteiger partial charge on any atom is -0.352 e. The Balaban J connectivity index is 1.79. The van der Waals surface area contributed by atoms with Crippen molar-refractivity contribution in [2.75, 3.05) is 22.7 Å². The molecule has 0 bridgehead atoms. The maximum absolute atomic E-state index is 12.8. The molecule has 1 saturated heterocycles. The summed E-state index contributed by atoms with van der Waals surface area (Å²) < 4.78 is 28.1. The van der Waals surface area contributed by atoms with E-state index in [9.17, 15) is 18.0 Å². The number of sulfonamides is 1. The number of carbonyl (C=O) groups is 2. The van der Waals surface area contributed by atoms with E-state index in [2.05, 4.69) is 10.0 Å². The van der Waals surface area contributed by atoms with Gasteiger partial charge in [0.05, 0.1) is 16.1 Å². The van der Waals surface area contributed by atoms with Crippen LogP contribution in [-0.4, -0.2) is 33.3 Å². The largest absolute Gasteiger partial charge is 0.352 e. The highest BCUT2D eigenvalue weighted by atomic mass is 32.2. The third-order valence-electron chi connectivity index (χ3n) is 4.62. The van der Waals surface area contributed by atoms with Crippen LogP contribution in [0.1, 0.15) is 37.0 Å². The third-order valence-corrected chi connectivity index (χ3v) is 6.00. The molecule has 1 heterocycles. The second-order valence-electron chi connectivity index (χ2n) is 7.40. The lowest BCUT2D eigenvalue weighted by atomic mass is 10.1. The lowest BCUT2D eigenvalue weighted by Crippen LogP contribution is -2.28. The minimum absolute atomic E-state index is 0.0417. The molecule has 154 valence electrons. The first-order valence-electron chi connectivity index (χ1n) is 9.58. The standard InChI is InChI=1S/C21H25N3O4S/c1-15(2)14-22-21(26)18-6-3-4-7-19(18)23-29(27,28)17-11-9-16(10-12-17)24-13-5-8-20(24)25/h3-4,6-7,9-12,15,23H,5,8,13-14H2,1-2H3,(H,22,26). The number of rotatable bonds is 7. The first kappa shape index (κ1) is 20.9. The van der Waals surface area contributed by atoms with Crippen molar-refractivity contribution in [1.82, 2.24) is 5.32 Å². The van der Waals surface area contributed by atoms with E-state index in [1.54, 1.807) is 41.3 Å². The molecule has 0 aliphatic carbocycles. The molecular formula is C21H25N3O4S. The van der Waals surface area contributed by atoms with Gasteiger partial charge in [-0.15, -0.1) is 0 Å². The number of carbonyl (C=O) groups excluding carboxylic acids is 2. The van der Waals surface area contributed by atoms with Gasteiger partial charge in [-0.25, -0.2) is 8.42 Å². The number of benzene rings is 2. The molecule has 2 N–H and O–H groups in total. The highest BCUT2D eigenvalue weighted by Gasteiger charge is 2.23. The van der Waals surface area contributed by atoms with Crippen molar-refractivity contribution in [1.29, 1.82) is 0 Å². The summed E-state index contributed by atoms with van der Waals surface area (Å²) in [6.07, 6.45) is 1.31. The SMILES string of the molecule is CC(C)CNC(=O)c1ccccc1NS(=O)(=O)c1ccc(N2CCCC2=O)cc1. The maximum atomic E-state index is 12.8. The summed E-state index contributed by atoms with van der Waals surface area (Å²) in [6.45, 7) is 5.10. The van der Waals surface area contributed by atoms with Crippen LogP contribution in [0.2, 0.25) is 0 Å². The number of anilines is 2. The van der Waals surface area contributed by atoms with Crippen molar-refractivity contribution in [2.24, 2.45) is 5.92 Å². The molecule has 1 aliphatic heterocycles. The normalized spacial score (nSPS) is 14.3. The Morgan fingerprint density at radius 3 is 2.41 bits per heavy atom. The molecule has 0 saturated carbocycles. The van der Waals surface area contributed by atoms with E-state index in [0.29, 0.717) is 25.2 Å². The van der Waals surface area contributed by atoms with E-state index in [0.717, 1.165) is 6.42 Å². The molecule has 0 aromatic heterocycles. The van der Waals surface area contributed by atoms with Crippen molar-refractivity contribution >= 4 is 33.2 Å². The Morgan fingerprint density at radius 2 is 1.79 bits per heavy atom. The van der Waals surface area contributed by atoms with E-state index in [1.165, 1.54) is 12.1 Å². The van der Waals surface area contributed by atoms with Gasteiger partial charge in [-0.2, -0.15) is 0 Å². The smallest absolute Gasteiger partial charge is 0.261 e. The Morgan fingerprint density at radius 1 is 1.10 bits per heavy atom. The fourth-order valence-electron chi connectivity index (χ4n) is 3.09. The molecule has 8 heteroatoms. The third kappa shape index (κ3) is 4.95. The van der Waals surface area contributed by atoms with E-state index < -0.39 is 10.0 Å². The van der Waals surface area contributed by atoms with Gasteiger partial charge >= 0.3 is 0 Å². The van der Waals surface area contributed by atoms with Crippen LogP contribution in [-0.2, 0) is 14.8 Å². The molecular weight excluding hydrogens is 390 g/mol. The van der Waals surface area contributed by atoms with E-state index in [1.807, 2.05) is 13.8 Å². The molecule has 1 aliphatic rings. The van der Waals surface area contributed by atoms with Crippen molar-refractivity contribution in [3.8, 4) is 0 Å². The summed E-state index contributed by atoms with van der Waals surface area (Å²) in [6, 6.07) is 12.7. The Hall–Kier alpha value is -2.87. The first-order valence-corrected chi connectivity index (χ1v) is 11.1. The average molecular weight is 416 g/mol. The fourth-order valence-corrected chi connectivity index (χ4v) is 4.17. The summed E-state index contributed by atoms with van der Waals surface area (Å²) >= 11 is 0. The number of hydrogen-bond acceptors (Lipinski definition) is 4. The predicted octanol–water partition coefficient (Wildman–Crippen LogP) is 3.00. The summed E-state index contributed by atoms with van der Waals surface area (Å²) in [7, 11) is -3.89. The average Bonchev–Trinajstić information content (AvgIpc) is 3.12. The molecule has 0 atom stereocenters. The molecule has 0 spiro atoms. The number of hydrogen-bond donors (Lipinski definition) is 2. The quantitative estimate of drug-likeness (QED) is 0.727. The molecule has 0 unspecified atom stereocenters. The van der Waals surface area contributed by atoms with Gasteiger partial charge in [0.2, 0.25) is 5.91 Å². The Bertz CT molecular complexity index is 1000. The highest BCUT2D eigenvalue weighted by molar-refractivity contribution is 7.92. The van der Waals surface area contributed by atoms with Gasteiger partial charge in [-0.05, 0) is 48.7 Å². The van der Waals surface area contributed by atoms with Crippen LogP contribution in [0.3, 0.4) is 0 Å². The second kappa shape index (κ2) is 8.65. The van der Waals surface area contributed by atoms with Gasteiger partial charge in [0, 0.05) is 25.2 Å². The van der Waals surface area contributed by atoms with Gasteiger partial charge < -0.3 is 10.2 Å². The zero-order chi connectivity index (χ0) is 21.0. The topological polar surface area (TPSA) is 95.6 Å². The van der Waals surface area contributed by atoms with Crippen LogP contribution < -0.4 is 14.9 Å². The number of nitrogens with one attached hydrogen (secondary N) is 2. The fraction of sp³-hybridized carbons (Fsp3) is 0.333. The Kier molecular flexibility index (Phi) is 6.22. The summed E-state index contributed by atoms with van der Waals surface area (Å²) in [5.74, 6) is -0.0104. The van der Waals surface area contributed by atoms with Gasteiger partial charge in [0.25, 0.3) is 15.9 Å². The van der Waals surface area contributed by atoms with Crippen LogP contribution in [0.5, 0.6) is 0 Å². The molecule has 3 rings (SSSR count). The van der Waals surface area contributed by atoms with Crippen LogP contribution >= 0.6 is 0 Å². The van der Waals surface area contributed by atoms with Crippen LogP contribution in [0.15, 0.2) is 53.4 Å². The molecule has 2 amide bonds. The molecule has 2 aromatic carbocycles. The molecule has 0 radical (unpaired) electrons. The summed E-state index contributed by atoms with van der Waals surface area (Å²) in [5, 5.41) is 2.80. The van der Waals surface area contributed by atoms with Crippen molar-refractivity contribution in [2.45, 2.75) is 31.6 Å². The predicted molar refractivity (Wildman–Crippen MR) is 112 cm³/mol. The van der Waals surface area contributed by atoms with Crippen molar-refractivity contribution in [3.05, 3.63) is 54.1 Å². The van der Waals surface area contributed by atoms with Crippen LogP contribution in [0, 0.1) is 5.92 Å². The number of amides is 2. The zero-order valence-corrected chi connectivity index (χ0v) is 17.3. The van der Waals surface area contributed by atoms with Crippen LogP contribution in [0.25, 0.3) is 0 Å². The first-order chi connectivity index (χ1) is 13.8. The van der Waals surface area contributed by atoms with E-state index in [-0.39, 0.29) is 33.9 Å². The van der Waals surface area contributed by atoms with E-state index in [4.69, 9.17) is 0 Å². The molecule has 7 nitrogen and oxygen atoms in total. The Labute approximate surface area is 171 Å². The second-order valence-corrected chi connectivity index (χ2v) is 9.08. The molecule has 29 heavy (non-hydrogen) atoms. The maximum Gasteiger partial charge on any atom is 0.261 e. The van der Waals surface area contributed by atoms with Gasteiger partial charge in [-0.3, -0.25) is 14.3 Å². The van der Waals surface area contributed by atoms with Crippen molar-refractivity contribution in [3.63, 3.8) is 0 Å². The minimum atomic E-state index is -3.89. The zero-order valence-electron chi connectivity index (χ0n) is 16.5. The number of para-hydroxylation sites is 1. The van der Waals surface area contributed by atoms with Gasteiger partial charge in [-0.1, -0.05) is 26.0 Å². The number of nitrogens with zero attached hydrogens (tertiary/aromatic N) is 1. The lowest BCUT2D eigenvalue weighted by molar-refractivity contribution is -0.117. The van der Waals surface area contributed by atoms with Crippen molar-refractivity contribution < 1.29 is 18.0 Å². The summed E-state index contributed by atoms with van der Waals surface area (Å²) in [4.78, 5) is 26.0. The van der Waals surface area contributed by atoms with Gasteiger partial charge in [0.1, 0.15) is 0 Å². The summed E-state index contributed by atoms with van der Waals surface area (Å²) in [5.41, 5.74) is 1.16.